The van der Waals surface area contributed by atoms with Gasteiger partial charge in [-0.15, -0.1) is 0 Å². The lowest BCUT2D eigenvalue weighted by molar-refractivity contribution is 0.0683. The van der Waals surface area contributed by atoms with Crippen molar-refractivity contribution in [1.82, 2.24) is 0 Å². The molecule has 0 bridgehead atoms. The van der Waals surface area contributed by atoms with Crippen LogP contribution in [0.1, 0.15) is 41.4 Å². The highest BCUT2D eigenvalue weighted by molar-refractivity contribution is 9.10. The fourth-order valence-electron chi connectivity index (χ4n) is 2.38. The number of nitrogens with two attached hydrogens (primary N) is 2. The van der Waals surface area contributed by atoms with Crippen molar-refractivity contribution in [3.63, 3.8) is 0 Å². The molecule has 0 fully saturated rings. The third kappa shape index (κ3) is 2.74. The Morgan fingerprint density at radius 1 is 0.750 bits per heavy atom. The summed E-state index contributed by atoms with van der Waals surface area (Å²) in [6.07, 6.45) is 0. The first-order valence-corrected chi connectivity index (χ1v) is 7.71. The molecule has 10 heteroatoms. The highest BCUT2D eigenvalue weighted by Gasteiger charge is 2.28. The van der Waals surface area contributed by atoms with E-state index in [0.717, 1.165) is 12.1 Å². The molecule has 24 heavy (non-hydrogen) atoms. The number of benzene rings is 2. The lowest BCUT2D eigenvalue weighted by Crippen LogP contribution is -2.19. The van der Waals surface area contributed by atoms with Crippen LogP contribution in [0, 0.1) is 0 Å². The number of carbonyl (C=O) groups excluding carboxylic acids is 2. The zero-order valence-corrected chi connectivity index (χ0v) is 14.8. The molecule has 0 saturated carbocycles. The van der Waals surface area contributed by atoms with Crippen LogP contribution >= 0.6 is 31.9 Å². The summed E-state index contributed by atoms with van der Waals surface area (Å²) in [7, 11) is 0. The molecule has 8 nitrogen and oxygen atoms in total. The molecule has 0 radical (unpaired) electrons. The van der Waals surface area contributed by atoms with Gasteiger partial charge >= 0.3 is 11.9 Å². The van der Waals surface area contributed by atoms with Crippen molar-refractivity contribution in [3.05, 3.63) is 43.3 Å². The second-order valence-electron chi connectivity index (χ2n) is 4.65. The monoisotopic (exact) mass is 458 g/mol. The lowest BCUT2D eigenvalue weighted by atomic mass is 9.91. The quantitative estimate of drug-likeness (QED) is 0.546. The normalized spacial score (nSPS) is 10.6. The summed E-state index contributed by atoms with van der Waals surface area (Å²) in [5, 5.41) is 18.3. The van der Waals surface area contributed by atoms with Crippen molar-refractivity contribution >= 4 is 66.4 Å². The van der Waals surface area contributed by atoms with Crippen LogP contribution in [0.5, 0.6) is 0 Å². The Morgan fingerprint density at radius 2 is 1.21 bits per heavy atom. The second-order valence-corrected chi connectivity index (χ2v) is 6.36. The van der Waals surface area contributed by atoms with Crippen LogP contribution in [0.25, 0.3) is 10.8 Å². The fourth-order valence-corrected chi connectivity index (χ4v) is 3.60. The van der Waals surface area contributed by atoms with Crippen LogP contribution in [-0.2, 0) is 0 Å². The van der Waals surface area contributed by atoms with Crippen molar-refractivity contribution in [2.75, 3.05) is 0 Å². The molecule has 0 spiro atoms. The SMILES string of the molecule is NC(=O)c1cc(Br)c(C(N)=O)c2c(C(=O)O)cc(Br)c(C(=O)O)c12. The van der Waals surface area contributed by atoms with E-state index in [1.807, 2.05) is 0 Å². The van der Waals surface area contributed by atoms with Crippen LogP contribution < -0.4 is 11.5 Å². The van der Waals surface area contributed by atoms with Crippen molar-refractivity contribution < 1.29 is 29.4 Å². The first-order valence-electron chi connectivity index (χ1n) is 6.12. The largest absolute Gasteiger partial charge is 0.478 e. The molecule has 6 N–H and O–H groups in total. The van der Waals surface area contributed by atoms with Gasteiger partial charge in [-0.3, -0.25) is 9.59 Å². The van der Waals surface area contributed by atoms with Gasteiger partial charge in [0.25, 0.3) is 5.91 Å². The maximum Gasteiger partial charge on any atom is 0.337 e. The minimum absolute atomic E-state index is 0.0254. The van der Waals surface area contributed by atoms with Crippen LogP contribution in [0.2, 0.25) is 0 Å². The zero-order valence-electron chi connectivity index (χ0n) is 11.6. The van der Waals surface area contributed by atoms with E-state index in [0.29, 0.717) is 0 Å². The Bertz CT molecular complexity index is 877. The molecule has 0 aromatic heterocycles. The first kappa shape index (κ1) is 17.9. The smallest absolute Gasteiger partial charge is 0.337 e. The van der Waals surface area contributed by atoms with Gasteiger partial charge in [-0.25, -0.2) is 9.59 Å². The predicted octanol–water partition coefficient (Wildman–Crippen LogP) is 1.96. The van der Waals surface area contributed by atoms with Crippen molar-refractivity contribution in [2.45, 2.75) is 0 Å². The van der Waals surface area contributed by atoms with Gasteiger partial charge in [0.1, 0.15) is 0 Å². The van der Waals surface area contributed by atoms with Crippen molar-refractivity contribution in [2.24, 2.45) is 11.5 Å². The fraction of sp³-hybridized carbons (Fsp3) is 0. The molecule has 124 valence electrons. The number of primary amides is 2. The van der Waals surface area contributed by atoms with Gasteiger partial charge in [0.15, 0.2) is 0 Å². The average molecular weight is 460 g/mol. The van der Waals surface area contributed by atoms with Crippen LogP contribution in [-0.4, -0.2) is 34.0 Å². The van der Waals surface area contributed by atoms with Crippen LogP contribution in [0.4, 0.5) is 0 Å². The summed E-state index contributed by atoms with van der Waals surface area (Å²) in [5.74, 6) is -4.87. The molecule has 2 rings (SSSR count). The Hall–Kier alpha value is -2.46. The molecule has 2 aromatic carbocycles. The number of halogens is 2. The summed E-state index contributed by atoms with van der Waals surface area (Å²) in [6, 6.07) is 2.16. The van der Waals surface area contributed by atoms with Gasteiger partial charge in [-0.2, -0.15) is 0 Å². The highest BCUT2D eigenvalue weighted by atomic mass is 79.9. The average Bonchev–Trinajstić information content (AvgIpc) is 2.44. The highest BCUT2D eigenvalue weighted by Crippen LogP contribution is 2.38. The molecule has 2 aromatic rings. The Morgan fingerprint density at radius 3 is 1.62 bits per heavy atom. The number of hydrogen-bond donors (Lipinski definition) is 4. The van der Waals surface area contributed by atoms with Crippen molar-refractivity contribution in [3.8, 4) is 0 Å². The van der Waals surface area contributed by atoms with E-state index < -0.39 is 34.9 Å². The van der Waals surface area contributed by atoms with Crippen molar-refractivity contribution in [1.29, 1.82) is 0 Å². The van der Waals surface area contributed by atoms with Gasteiger partial charge in [0, 0.05) is 25.3 Å². The minimum atomic E-state index is -1.44. The summed E-state index contributed by atoms with van der Waals surface area (Å²) in [4.78, 5) is 46.7. The molecular formula is C14H8Br2N2O6. The van der Waals surface area contributed by atoms with Gasteiger partial charge in [-0.05, 0) is 44.0 Å². The van der Waals surface area contributed by atoms with Gasteiger partial charge in [0.05, 0.1) is 16.7 Å². The topological polar surface area (TPSA) is 161 Å². The van der Waals surface area contributed by atoms with Gasteiger partial charge in [-0.1, -0.05) is 0 Å². The van der Waals surface area contributed by atoms with Gasteiger partial charge in [0.2, 0.25) is 5.91 Å². The Labute approximate surface area is 150 Å². The number of carboxylic acid groups (broad SMARTS) is 2. The number of aromatic carboxylic acids is 2. The molecular weight excluding hydrogens is 452 g/mol. The molecule has 0 saturated heterocycles. The number of rotatable bonds is 4. The number of carbonyl (C=O) groups is 4. The molecule has 0 unspecified atom stereocenters. The van der Waals surface area contributed by atoms with E-state index >= 15 is 0 Å². The number of hydrogen-bond acceptors (Lipinski definition) is 4. The molecule has 0 heterocycles. The molecule has 0 aliphatic carbocycles. The lowest BCUT2D eigenvalue weighted by Gasteiger charge is -2.16. The zero-order chi connectivity index (χ0) is 18.3. The summed E-state index contributed by atoms with van der Waals surface area (Å²) in [5.41, 5.74) is 9.26. The van der Waals surface area contributed by atoms with E-state index in [9.17, 15) is 29.4 Å². The molecule has 0 atom stereocenters. The molecule has 0 aliphatic rings. The number of amides is 2. The summed E-state index contributed by atoms with van der Waals surface area (Å²) >= 11 is 6.02. The van der Waals surface area contributed by atoms with E-state index in [2.05, 4.69) is 31.9 Å². The summed E-state index contributed by atoms with van der Waals surface area (Å²) < 4.78 is -0.0578. The Kier molecular flexibility index (Phi) is 4.63. The molecule has 0 aliphatic heterocycles. The van der Waals surface area contributed by atoms with E-state index in [1.165, 1.54) is 0 Å². The minimum Gasteiger partial charge on any atom is -0.478 e. The Balaban J connectivity index is 3.34. The standard InChI is InChI=1S/C14H8Br2N2O6/c15-5-1-3(11(17)19)7-8(9(5)12(18)20)4(13(21)22)2-6(16)10(7)14(23)24/h1-2H,(H2,17,19)(H2,18,20)(H,21,22)(H,23,24). The van der Waals surface area contributed by atoms with E-state index in [-0.39, 0.29) is 30.8 Å². The summed E-state index contributed by atoms with van der Waals surface area (Å²) in [6.45, 7) is 0. The maximum absolute atomic E-state index is 11.8. The van der Waals surface area contributed by atoms with E-state index in [1.54, 1.807) is 0 Å². The number of fused-ring (bicyclic) bond motifs is 1. The third-order valence-electron chi connectivity index (χ3n) is 3.26. The number of carboxylic acids is 2. The molecule has 2 amide bonds. The van der Waals surface area contributed by atoms with Crippen LogP contribution in [0.3, 0.4) is 0 Å². The second kappa shape index (κ2) is 6.21. The van der Waals surface area contributed by atoms with Gasteiger partial charge < -0.3 is 21.7 Å². The first-order chi connectivity index (χ1) is 11.1. The third-order valence-corrected chi connectivity index (χ3v) is 4.52. The maximum atomic E-state index is 11.8. The van der Waals surface area contributed by atoms with Crippen LogP contribution in [0.15, 0.2) is 21.1 Å². The predicted molar refractivity (Wildman–Crippen MR) is 90.3 cm³/mol. The van der Waals surface area contributed by atoms with E-state index in [4.69, 9.17) is 11.5 Å².